The molecule has 0 aliphatic rings. The molecule has 0 fully saturated rings. The molecule has 102 valence electrons. The summed E-state index contributed by atoms with van der Waals surface area (Å²) in [5.41, 5.74) is 0.269. The van der Waals surface area contributed by atoms with E-state index in [1.54, 1.807) is 0 Å². The van der Waals surface area contributed by atoms with Gasteiger partial charge in [0.05, 0.1) is 5.69 Å². The Hall–Kier alpha value is -1.80. The van der Waals surface area contributed by atoms with Crippen molar-refractivity contribution in [2.45, 2.75) is 32.9 Å². The van der Waals surface area contributed by atoms with Crippen LogP contribution in [0.25, 0.3) is 4.96 Å². The van der Waals surface area contributed by atoms with Crippen LogP contribution >= 0.6 is 11.3 Å². The smallest absolute Gasteiger partial charge is 0.320 e. The van der Waals surface area contributed by atoms with Crippen molar-refractivity contribution < 1.29 is 9.90 Å². The lowest BCUT2D eigenvalue weighted by Crippen LogP contribution is -2.33. The van der Waals surface area contributed by atoms with E-state index >= 15 is 0 Å². The number of hydrogen-bond donors (Lipinski definition) is 2. The van der Waals surface area contributed by atoms with Gasteiger partial charge in [0.1, 0.15) is 11.0 Å². The van der Waals surface area contributed by atoms with E-state index in [2.05, 4.69) is 15.4 Å². The number of carbonyl (C=O) groups is 1. The Morgan fingerprint density at radius 3 is 3.00 bits per heavy atom. The molecular weight excluding hydrogens is 268 g/mol. The van der Waals surface area contributed by atoms with E-state index in [0.29, 0.717) is 10.7 Å². The molecule has 0 aromatic carbocycles. The summed E-state index contributed by atoms with van der Waals surface area (Å²) in [4.78, 5) is 27.3. The highest BCUT2D eigenvalue weighted by molar-refractivity contribution is 7.16. The molecule has 0 amide bonds. The number of aryl methyl sites for hydroxylation is 1. The van der Waals surface area contributed by atoms with Crippen LogP contribution in [0, 0.1) is 0 Å². The second-order valence-corrected chi connectivity index (χ2v) is 5.11. The minimum absolute atomic E-state index is 0.235. The van der Waals surface area contributed by atoms with Crippen LogP contribution in [-0.2, 0) is 17.8 Å². The maximum Gasteiger partial charge on any atom is 0.320 e. The van der Waals surface area contributed by atoms with Crippen molar-refractivity contribution in [3.63, 3.8) is 0 Å². The van der Waals surface area contributed by atoms with Crippen molar-refractivity contribution in [2.24, 2.45) is 0 Å². The average molecular weight is 282 g/mol. The number of aliphatic carboxylic acids is 1. The number of carboxylic acids is 1. The molecule has 19 heavy (non-hydrogen) atoms. The van der Waals surface area contributed by atoms with E-state index in [1.165, 1.54) is 28.8 Å². The maximum absolute atomic E-state index is 11.8. The zero-order chi connectivity index (χ0) is 14.0. The molecule has 0 radical (unpaired) electrons. The lowest BCUT2D eigenvalue weighted by atomic mass is 10.3. The van der Waals surface area contributed by atoms with Gasteiger partial charge in [-0.25, -0.2) is 4.98 Å². The van der Waals surface area contributed by atoms with Gasteiger partial charge in [-0.2, -0.15) is 9.61 Å². The molecule has 0 saturated heterocycles. The maximum atomic E-state index is 11.8. The summed E-state index contributed by atoms with van der Waals surface area (Å²) in [5.74, 6) is -0.941. The number of rotatable bonds is 5. The van der Waals surface area contributed by atoms with Crippen molar-refractivity contribution in [1.82, 2.24) is 19.9 Å². The van der Waals surface area contributed by atoms with Gasteiger partial charge in [0, 0.05) is 12.6 Å². The molecule has 2 N–H and O–H groups in total. The predicted octanol–water partition coefficient (Wildman–Crippen LogP) is 0.276. The molecule has 0 saturated carbocycles. The van der Waals surface area contributed by atoms with Gasteiger partial charge in [-0.05, 0) is 13.3 Å². The van der Waals surface area contributed by atoms with Gasteiger partial charge in [-0.3, -0.25) is 14.9 Å². The van der Waals surface area contributed by atoms with E-state index in [-0.39, 0.29) is 12.1 Å². The first-order chi connectivity index (χ1) is 9.01. The normalized spacial score (nSPS) is 12.7. The average Bonchev–Trinajstić information content (AvgIpc) is 2.79. The summed E-state index contributed by atoms with van der Waals surface area (Å²) >= 11 is 1.36. The number of carboxylic acid groups (broad SMARTS) is 1. The first-order valence-corrected chi connectivity index (χ1v) is 6.67. The molecule has 0 bridgehead atoms. The van der Waals surface area contributed by atoms with E-state index in [9.17, 15) is 9.59 Å². The van der Waals surface area contributed by atoms with Crippen LogP contribution in [0.1, 0.15) is 24.5 Å². The molecule has 2 aromatic heterocycles. The molecule has 2 aromatic rings. The second-order valence-electron chi connectivity index (χ2n) is 4.07. The van der Waals surface area contributed by atoms with Crippen molar-refractivity contribution in [1.29, 1.82) is 0 Å². The number of nitrogens with one attached hydrogen (secondary N) is 1. The molecule has 0 unspecified atom stereocenters. The van der Waals surface area contributed by atoms with Gasteiger partial charge in [0.2, 0.25) is 4.96 Å². The summed E-state index contributed by atoms with van der Waals surface area (Å²) in [6.45, 7) is 3.73. The summed E-state index contributed by atoms with van der Waals surface area (Å²) in [5, 5.41) is 16.5. The Bertz CT molecular complexity index is 663. The van der Waals surface area contributed by atoms with E-state index < -0.39 is 12.0 Å². The van der Waals surface area contributed by atoms with E-state index in [1.807, 2.05) is 6.92 Å². The summed E-state index contributed by atoms with van der Waals surface area (Å²) in [6, 6.07) is 0.682. The summed E-state index contributed by atoms with van der Waals surface area (Å²) in [6.07, 6.45) is 0.747. The van der Waals surface area contributed by atoms with Crippen LogP contribution in [-0.4, -0.2) is 31.7 Å². The third-order valence-corrected chi connectivity index (χ3v) is 3.65. The van der Waals surface area contributed by atoms with E-state index in [0.717, 1.165) is 11.4 Å². The van der Waals surface area contributed by atoms with Gasteiger partial charge >= 0.3 is 5.97 Å². The molecule has 1 atom stereocenters. The highest BCUT2D eigenvalue weighted by Gasteiger charge is 2.12. The van der Waals surface area contributed by atoms with Gasteiger partial charge in [0.25, 0.3) is 5.56 Å². The monoisotopic (exact) mass is 282 g/mol. The predicted molar refractivity (Wildman–Crippen MR) is 70.4 cm³/mol. The zero-order valence-electron chi connectivity index (χ0n) is 10.6. The molecule has 2 heterocycles. The Kier molecular flexibility index (Phi) is 3.91. The Morgan fingerprint density at radius 2 is 2.37 bits per heavy atom. The highest BCUT2D eigenvalue weighted by Crippen LogP contribution is 2.11. The van der Waals surface area contributed by atoms with Crippen LogP contribution in [0.15, 0.2) is 10.9 Å². The van der Waals surface area contributed by atoms with Crippen molar-refractivity contribution in [2.75, 3.05) is 0 Å². The Labute approximate surface area is 112 Å². The Balaban J connectivity index is 2.25. The SMILES string of the molecule is CCc1nn2c(=O)cc(CN[C@H](C)C(=O)O)nc2s1. The third kappa shape index (κ3) is 2.96. The number of hydrogen-bond acceptors (Lipinski definition) is 6. The van der Waals surface area contributed by atoms with Gasteiger partial charge in [-0.1, -0.05) is 18.3 Å². The lowest BCUT2D eigenvalue weighted by Gasteiger charge is -2.07. The standard InChI is InChI=1S/C11H14N4O3S/c1-3-8-14-15-9(16)4-7(13-11(15)19-8)5-12-6(2)10(17)18/h4,6,12H,3,5H2,1-2H3,(H,17,18)/t6-/m1/s1. The number of nitrogens with zero attached hydrogens (tertiary/aromatic N) is 3. The quantitative estimate of drug-likeness (QED) is 0.817. The van der Waals surface area contributed by atoms with Crippen molar-refractivity contribution in [3.05, 3.63) is 27.1 Å². The molecule has 0 aliphatic heterocycles. The minimum atomic E-state index is -0.941. The van der Waals surface area contributed by atoms with Gasteiger partial charge in [-0.15, -0.1) is 0 Å². The number of fused-ring (bicyclic) bond motifs is 1. The fourth-order valence-electron chi connectivity index (χ4n) is 1.47. The Morgan fingerprint density at radius 1 is 1.63 bits per heavy atom. The molecular formula is C11H14N4O3S. The summed E-state index contributed by atoms with van der Waals surface area (Å²) in [7, 11) is 0. The molecule has 0 spiro atoms. The van der Waals surface area contributed by atoms with Crippen LogP contribution in [0.2, 0.25) is 0 Å². The van der Waals surface area contributed by atoms with Crippen LogP contribution in [0.5, 0.6) is 0 Å². The lowest BCUT2D eigenvalue weighted by molar-refractivity contribution is -0.139. The molecule has 7 nitrogen and oxygen atoms in total. The zero-order valence-corrected chi connectivity index (χ0v) is 11.4. The van der Waals surface area contributed by atoms with Crippen molar-refractivity contribution in [3.8, 4) is 0 Å². The summed E-state index contributed by atoms with van der Waals surface area (Å²) < 4.78 is 1.27. The first-order valence-electron chi connectivity index (χ1n) is 5.86. The topological polar surface area (TPSA) is 96.6 Å². The largest absolute Gasteiger partial charge is 0.480 e. The fraction of sp³-hybridized carbons (Fsp3) is 0.455. The third-order valence-electron chi connectivity index (χ3n) is 2.60. The van der Waals surface area contributed by atoms with E-state index in [4.69, 9.17) is 5.11 Å². The highest BCUT2D eigenvalue weighted by atomic mass is 32.1. The van der Waals surface area contributed by atoms with Crippen LogP contribution < -0.4 is 10.9 Å². The molecule has 8 heteroatoms. The van der Waals surface area contributed by atoms with Crippen molar-refractivity contribution >= 4 is 22.3 Å². The fourth-order valence-corrected chi connectivity index (χ4v) is 2.33. The molecule has 2 rings (SSSR count). The van der Waals surface area contributed by atoms with Gasteiger partial charge < -0.3 is 5.11 Å². The first kappa shape index (κ1) is 13.6. The second kappa shape index (κ2) is 5.45. The molecule has 0 aliphatic carbocycles. The minimum Gasteiger partial charge on any atom is -0.480 e. The number of aromatic nitrogens is 3. The van der Waals surface area contributed by atoms with Crippen LogP contribution in [0.4, 0.5) is 0 Å². The van der Waals surface area contributed by atoms with Crippen LogP contribution in [0.3, 0.4) is 0 Å². The van der Waals surface area contributed by atoms with Gasteiger partial charge in [0.15, 0.2) is 0 Å².